The average Bonchev–Trinajstić information content (AvgIpc) is 4.20. The van der Waals surface area contributed by atoms with Crippen molar-refractivity contribution in [3.63, 3.8) is 0 Å². The van der Waals surface area contributed by atoms with Gasteiger partial charge < -0.3 is 10.0 Å². The van der Waals surface area contributed by atoms with Crippen LogP contribution in [0.15, 0.2) is 209 Å². The van der Waals surface area contributed by atoms with E-state index >= 15 is 0 Å². The molecule has 0 fully saturated rings. The standard InChI is InChI=1S/C39H26S2.C15H12Br2.C12H9BO2S/c1-39(2)33-15-11-23(25-13-17-37-31(21-25)27-7-3-5-9-35(27)40-37)19-29(33)30-20-24(12-16-34(30)39)26-14-18-38-32(22-26)28-8-4-6-10-36(28)41-38;1-15(2)13-5-3-9(16)7-11(13)12-8-10(17)4-6-14(12)15;14-13(15)8-5-6-12-10(7-8)9-3-1-2-4-11(9)16-12/h3-22H,1-2H3;3-8H,1-2H3;1-7,14-15H. The number of fused-ring (bicyclic) bond motifs is 15. The lowest BCUT2D eigenvalue weighted by Crippen LogP contribution is -2.29. The molecule has 0 amide bonds. The van der Waals surface area contributed by atoms with E-state index in [2.05, 4.69) is 229 Å². The molecule has 0 saturated carbocycles. The van der Waals surface area contributed by atoms with Crippen molar-refractivity contribution in [2.24, 2.45) is 0 Å². The Morgan fingerprint density at radius 2 is 0.635 bits per heavy atom. The number of halogens is 2. The van der Waals surface area contributed by atoms with Gasteiger partial charge in [-0.2, -0.15) is 0 Å². The number of rotatable bonds is 3. The van der Waals surface area contributed by atoms with Crippen molar-refractivity contribution >= 4 is 139 Å². The summed E-state index contributed by atoms with van der Waals surface area (Å²) in [6, 6.07) is 72.5. The van der Waals surface area contributed by atoms with Crippen molar-refractivity contribution in [3.8, 4) is 44.5 Å². The molecule has 0 radical (unpaired) electrons. The van der Waals surface area contributed by atoms with Gasteiger partial charge in [0.2, 0.25) is 0 Å². The SMILES string of the molecule is CC1(C)c2ccc(-c3ccc4sc5ccccc5c4c3)cc2-c2cc(-c3ccc4sc5ccccc5c4c3)ccc21.CC1(C)c2ccc(Br)cc2-c2cc(Br)ccc21.OB(O)c1ccc2sc3ccccc3c2c1. The first-order valence-electron chi connectivity index (χ1n) is 24.8. The smallest absolute Gasteiger partial charge is 0.423 e. The molecule has 3 aromatic heterocycles. The van der Waals surface area contributed by atoms with Crippen LogP contribution in [-0.2, 0) is 10.8 Å². The normalized spacial score (nSPS) is 13.6. The molecular weight excluding hydrogens is 1090 g/mol. The van der Waals surface area contributed by atoms with Crippen molar-refractivity contribution in [2.75, 3.05) is 0 Å². The van der Waals surface area contributed by atoms with Crippen LogP contribution in [0.3, 0.4) is 0 Å². The highest BCUT2D eigenvalue weighted by Gasteiger charge is 2.37. The molecule has 2 N–H and O–H groups in total. The molecule has 0 saturated heterocycles. The van der Waals surface area contributed by atoms with Crippen LogP contribution < -0.4 is 5.46 Å². The molecule has 0 unspecified atom stereocenters. The van der Waals surface area contributed by atoms with E-state index in [1.807, 2.05) is 46.9 Å². The molecule has 2 nitrogen and oxygen atoms in total. The maximum atomic E-state index is 9.15. The summed E-state index contributed by atoms with van der Waals surface area (Å²) >= 11 is 12.6. The van der Waals surface area contributed by atoms with Gasteiger partial charge in [-0.3, -0.25) is 0 Å². The zero-order valence-corrected chi connectivity index (χ0v) is 46.6. The van der Waals surface area contributed by atoms with Crippen LogP contribution in [0.1, 0.15) is 49.9 Å². The highest BCUT2D eigenvalue weighted by molar-refractivity contribution is 9.10. The second-order valence-corrected chi connectivity index (χ2v) is 25.6. The predicted octanol–water partition coefficient (Wildman–Crippen LogP) is 19.3. The summed E-state index contributed by atoms with van der Waals surface area (Å²) in [6.07, 6.45) is 0. The lowest BCUT2D eigenvalue weighted by atomic mass is 9.80. The van der Waals surface area contributed by atoms with Gasteiger partial charge in [0.1, 0.15) is 0 Å². The van der Waals surface area contributed by atoms with Gasteiger partial charge in [0, 0.05) is 74.9 Å². The Bertz CT molecular complexity index is 4190. The summed E-state index contributed by atoms with van der Waals surface area (Å²) in [5, 5.41) is 26.0. The van der Waals surface area contributed by atoms with E-state index < -0.39 is 7.12 Å². The van der Waals surface area contributed by atoms with E-state index in [1.165, 1.54) is 122 Å². The van der Waals surface area contributed by atoms with Crippen molar-refractivity contribution in [2.45, 2.75) is 38.5 Å². The topological polar surface area (TPSA) is 40.5 Å². The minimum Gasteiger partial charge on any atom is -0.423 e. The molecule has 358 valence electrons. The fourth-order valence-electron chi connectivity index (χ4n) is 11.6. The second kappa shape index (κ2) is 18.3. The average molecular weight is 1140 g/mol. The summed E-state index contributed by atoms with van der Waals surface area (Å²) in [4.78, 5) is 0. The van der Waals surface area contributed by atoms with Crippen LogP contribution in [-0.4, -0.2) is 17.2 Å². The van der Waals surface area contributed by atoms with E-state index in [-0.39, 0.29) is 10.8 Å². The zero-order chi connectivity index (χ0) is 50.6. The molecule has 13 aromatic rings. The number of hydrogen-bond donors (Lipinski definition) is 2. The Morgan fingerprint density at radius 1 is 0.324 bits per heavy atom. The van der Waals surface area contributed by atoms with Crippen LogP contribution in [0.25, 0.3) is 105 Å². The molecule has 2 aliphatic rings. The number of hydrogen-bond acceptors (Lipinski definition) is 5. The highest BCUT2D eigenvalue weighted by atomic mass is 79.9. The lowest BCUT2D eigenvalue weighted by molar-refractivity contribution is 0.426. The quantitative estimate of drug-likeness (QED) is 0.173. The predicted molar refractivity (Wildman–Crippen MR) is 329 cm³/mol. The molecule has 8 heteroatoms. The first-order chi connectivity index (χ1) is 35.8. The summed E-state index contributed by atoms with van der Waals surface area (Å²) in [5.74, 6) is 0. The second-order valence-electron chi connectivity index (χ2n) is 20.5. The monoisotopic (exact) mass is 1140 g/mol. The molecule has 74 heavy (non-hydrogen) atoms. The minimum atomic E-state index is -1.40. The summed E-state index contributed by atoms with van der Waals surface area (Å²) < 4.78 is 10.1. The van der Waals surface area contributed by atoms with Gasteiger partial charge in [0.15, 0.2) is 0 Å². The van der Waals surface area contributed by atoms with E-state index in [0.29, 0.717) is 5.46 Å². The highest BCUT2D eigenvalue weighted by Crippen LogP contribution is 2.52. The number of benzene rings is 10. The maximum Gasteiger partial charge on any atom is 0.488 e. The van der Waals surface area contributed by atoms with Gasteiger partial charge in [-0.05, 0) is 163 Å². The van der Waals surface area contributed by atoms with Gasteiger partial charge in [0.25, 0.3) is 0 Å². The van der Waals surface area contributed by atoms with E-state index in [4.69, 9.17) is 10.0 Å². The van der Waals surface area contributed by atoms with E-state index in [0.717, 1.165) is 14.3 Å². The first-order valence-corrected chi connectivity index (χ1v) is 28.8. The fourth-order valence-corrected chi connectivity index (χ4v) is 15.5. The lowest BCUT2D eigenvalue weighted by Gasteiger charge is -2.21. The molecule has 0 bridgehead atoms. The van der Waals surface area contributed by atoms with Crippen molar-refractivity contribution in [3.05, 3.63) is 231 Å². The van der Waals surface area contributed by atoms with Crippen LogP contribution in [0.5, 0.6) is 0 Å². The molecule has 0 spiro atoms. The first kappa shape index (κ1) is 47.5. The summed E-state index contributed by atoms with van der Waals surface area (Å²) in [6.45, 7) is 9.31. The van der Waals surface area contributed by atoms with Gasteiger partial charge in [-0.1, -0.05) is 175 Å². The van der Waals surface area contributed by atoms with Crippen molar-refractivity contribution in [1.29, 1.82) is 0 Å². The molecule has 2 aliphatic carbocycles. The Balaban J connectivity index is 0.000000131. The van der Waals surface area contributed by atoms with Crippen LogP contribution in [0.4, 0.5) is 0 Å². The van der Waals surface area contributed by atoms with Crippen molar-refractivity contribution < 1.29 is 10.0 Å². The Hall–Kier alpha value is -6.20. The van der Waals surface area contributed by atoms with Gasteiger partial charge in [0.05, 0.1) is 0 Å². The Kier molecular flexibility index (Phi) is 11.7. The Morgan fingerprint density at radius 3 is 1.04 bits per heavy atom. The molecule has 3 heterocycles. The molecule has 15 rings (SSSR count). The largest absolute Gasteiger partial charge is 0.488 e. The third-order valence-corrected chi connectivity index (χ3v) is 19.8. The Labute approximate surface area is 459 Å². The third kappa shape index (κ3) is 8.00. The minimum absolute atomic E-state index is 0.0250. The molecule has 0 aliphatic heterocycles. The van der Waals surface area contributed by atoms with Crippen LogP contribution in [0, 0.1) is 0 Å². The molecule has 0 atom stereocenters. The molecule has 10 aromatic carbocycles. The summed E-state index contributed by atoms with van der Waals surface area (Å²) in [7, 11) is -1.40. The van der Waals surface area contributed by atoms with E-state index in [1.54, 1.807) is 17.4 Å². The van der Waals surface area contributed by atoms with Crippen LogP contribution >= 0.6 is 65.9 Å². The summed E-state index contributed by atoms with van der Waals surface area (Å²) in [5.41, 5.74) is 16.8. The molecular formula is C66H47BBr2O2S3. The van der Waals surface area contributed by atoms with Crippen molar-refractivity contribution in [1.82, 2.24) is 0 Å². The fraction of sp³-hybridized carbons (Fsp3) is 0.0909. The van der Waals surface area contributed by atoms with Crippen LogP contribution in [0.2, 0.25) is 0 Å². The third-order valence-electron chi connectivity index (χ3n) is 15.4. The maximum absolute atomic E-state index is 9.15. The van der Waals surface area contributed by atoms with Gasteiger partial charge in [-0.15, -0.1) is 34.0 Å². The zero-order valence-electron chi connectivity index (χ0n) is 41.0. The van der Waals surface area contributed by atoms with Gasteiger partial charge in [-0.25, -0.2) is 0 Å². The van der Waals surface area contributed by atoms with E-state index in [9.17, 15) is 0 Å². The number of thiophene rings is 3. The van der Waals surface area contributed by atoms with Gasteiger partial charge >= 0.3 is 7.12 Å².